The molecule has 0 atom stereocenters. The number of hydrogen-bond donors (Lipinski definition) is 3. The molecule has 0 aliphatic carbocycles. The number of nitrogens with one attached hydrogen (secondary N) is 3. The maximum Gasteiger partial charge on any atom is 0.273 e. The fraction of sp³-hybridized carbons (Fsp3) is 0.308. The first-order valence-electron chi connectivity index (χ1n) is 6.18. The Bertz CT molecular complexity index is 675. The Labute approximate surface area is 120 Å². The average Bonchev–Trinajstić information content (AvgIpc) is 2.79. The highest BCUT2D eigenvalue weighted by atomic mass is 32.1. The minimum absolute atomic E-state index is 0.0902. The van der Waals surface area contributed by atoms with Crippen LogP contribution in [0.2, 0.25) is 0 Å². The van der Waals surface area contributed by atoms with Crippen molar-refractivity contribution in [1.82, 2.24) is 14.7 Å². The monoisotopic (exact) mass is 292 g/mol. The smallest absolute Gasteiger partial charge is 0.273 e. The molecule has 0 unspecified atom stereocenters. The molecule has 2 aromatic heterocycles. The van der Waals surface area contributed by atoms with Crippen molar-refractivity contribution in [2.75, 3.05) is 12.4 Å². The zero-order valence-corrected chi connectivity index (χ0v) is 12.3. The Kier molecular flexibility index (Phi) is 4.19. The van der Waals surface area contributed by atoms with Gasteiger partial charge in [-0.05, 0) is 29.1 Å². The second kappa shape index (κ2) is 5.87. The molecule has 3 N–H and O–H groups in total. The van der Waals surface area contributed by atoms with Crippen molar-refractivity contribution in [1.29, 1.82) is 0 Å². The number of hydrogen-bond acceptors (Lipinski definition) is 5. The number of rotatable bonds is 4. The average molecular weight is 292 g/mol. The lowest BCUT2D eigenvalue weighted by Gasteiger charge is -2.09. The van der Waals surface area contributed by atoms with Gasteiger partial charge in [-0.15, -0.1) is 0 Å². The molecular formula is C13H16N4O2S. The van der Waals surface area contributed by atoms with Crippen LogP contribution in [0.25, 0.3) is 0 Å². The van der Waals surface area contributed by atoms with E-state index in [4.69, 9.17) is 0 Å². The molecule has 1 amide bonds. The molecule has 7 heteroatoms. The Morgan fingerprint density at radius 3 is 2.80 bits per heavy atom. The van der Waals surface area contributed by atoms with E-state index in [9.17, 15) is 9.59 Å². The predicted molar refractivity (Wildman–Crippen MR) is 79.9 cm³/mol. The Hall–Kier alpha value is -2.15. The number of nitrogens with zero attached hydrogens (tertiary/aromatic N) is 1. The summed E-state index contributed by atoms with van der Waals surface area (Å²) in [5.41, 5.74) is 1.52. The molecule has 2 heterocycles. The second-order valence-corrected chi connectivity index (χ2v) is 5.42. The van der Waals surface area contributed by atoms with Crippen LogP contribution < -0.4 is 16.2 Å². The lowest BCUT2D eigenvalue weighted by atomic mass is 10.1. The van der Waals surface area contributed by atoms with Crippen LogP contribution in [-0.2, 0) is 0 Å². The van der Waals surface area contributed by atoms with E-state index >= 15 is 0 Å². The van der Waals surface area contributed by atoms with E-state index in [1.54, 1.807) is 12.4 Å². The number of aromatic amines is 1. The molecule has 6 nitrogen and oxygen atoms in total. The second-order valence-electron chi connectivity index (χ2n) is 4.60. The van der Waals surface area contributed by atoms with Gasteiger partial charge in [0, 0.05) is 13.2 Å². The van der Waals surface area contributed by atoms with Gasteiger partial charge in [0.2, 0.25) is 0 Å². The normalized spacial score (nSPS) is 10.6. The van der Waals surface area contributed by atoms with Crippen molar-refractivity contribution < 1.29 is 4.79 Å². The summed E-state index contributed by atoms with van der Waals surface area (Å²) in [6.45, 7) is 4.15. The van der Waals surface area contributed by atoms with Gasteiger partial charge in [0.25, 0.3) is 11.5 Å². The summed E-state index contributed by atoms with van der Waals surface area (Å²) >= 11 is 1.09. The predicted octanol–water partition coefficient (Wildman–Crippen LogP) is 2.06. The van der Waals surface area contributed by atoms with Crippen LogP contribution in [0.4, 0.5) is 10.7 Å². The number of aromatic nitrogens is 2. The number of carbonyl (C=O) groups excluding carboxylic acids is 1. The first kappa shape index (κ1) is 14.3. The van der Waals surface area contributed by atoms with Gasteiger partial charge in [-0.2, -0.15) is 0 Å². The molecule has 20 heavy (non-hydrogen) atoms. The van der Waals surface area contributed by atoms with Crippen LogP contribution >= 0.6 is 11.5 Å². The van der Waals surface area contributed by atoms with Crippen LogP contribution in [0.15, 0.2) is 23.3 Å². The van der Waals surface area contributed by atoms with Gasteiger partial charge in [-0.3, -0.25) is 18.9 Å². The van der Waals surface area contributed by atoms with E-state index < -0.39 is 11.5 Å². The van der Waals surface area contributed by atoms with E-state index in [-0.39, 0.29) is 5.56 Å². The lowest BCUT2D eigenvalue weighted by Crippen LogP contribution is -2.24. The third-order valence-electron chi connectivity index (χ3n) is 2.84. The highest BCUT2D eigenvalue weighted by Crippen LogP contribution is 2.24. The highest BCUT2D eigenvalue weighted by molar-refractivity contribution is 7.10. The van der Waals surface area contributed by atoms with Gasteiger partial charge in [0.15, 0.2) is 0 Å². The largest absolute Gasteiger partial charge is 0.355 e. The van der Waals surface area contributed by atoms with E-state index in [1.165, 1.54) is 7.05 Å². The third kappa shape index (κ3) is 2.88. The quantitative estimate of drug-likeness (QED) is 0.805. The lowest BCUT2D eigenvalue weighted by molar-refractivity contribution is 0.0963. The van der Waals surface area contributed by atoms with Crippen molar-refractivity contribution in [3.8, 4) is 0 Å². The maximum atomic E-state index is 11.7. The summed E-state index contributed by atoms with van der Waals surface area (Å²) in [4.78, 5) is 27.5. The van der Waals surface area contributed by atoms with Gasteiger partial charge in [0.1, 0.15) is 10.6 Å². The van der Waals surface area contributed by atoms with E-state index in [0.717, 1.165) is 22.8 Å². The van der Waals surface area contributed by atoms with E-state index in [0.29, 0.717) is 10.9 Å². The molecular weight excluding hydrogens is 276 g/mol. The van der Waals surface area contributed by atoms with Crippen LogP contribution in [0, 0.1) is 0 Å². The Morgan fingerprint density at radius 2 is 2.15 bits per heavy atom. The SMILES string of the molecule is CNC(=O)c1c(Nc2cncc(C(C)C)c2)s[nH]c1=O. The fourth-order valence-corrected chi connectivity index (χ4v) is 2.45. The molecule has 0 spiro atoms. The van der Waals surface area contributed by atoms with Crippen molar-refractivity contribution >= 4 is 28.1 Å². The molecule has 0 fully saturated rings. The topological polar surface area (TPSA) is 86.9 Å². The molecule has 106 valence electrons. The Morgan fingerprint density at radius 1 is 1.40 bits per heavy atom. The highest BCUT2D eigenvalue weighted by Gasteiger charge is 2.17. The number of amides is 1. The third-order valence-corrected chi connectivity index (χ3v) is 3.64. The fourth-order valence-electron chi connectivity index (χ4n) is 1.69. The van der Waals surface area contributed by atoms with Gasteiger partial charge in [0.05, 0.1) is 11.9 Å². The molecule has 0 saturated heterocycles. The molecule has 2 aromatic rings. The number of H-pyrrole nitrogens is 1. The van der Waals surface area contributed by atoms with E-state index in [1.807, 2.05) is 6.07 Å². The minimum Gasteiger partial charge on any atom is -0.355 e. The van der Waals surface area contributed by atoms with Gasteiger partial charge < -0.3 is 10.6 Å². The number of carbonyl (C=O) groups is 1. The van der Waals surface area contributed by atoms with Crippen LogP contribution in [0.3, 0.4) is 0 Å². The van der Waals surface area contributed by atoms with Crippen molar-refractivity contribution in [2.45, 2.75) is 19.8 Å². The molecule has 0 aliphatic heterocycles. The minimum atomic E-state index is -0.414. The summed E-state index contributed by atoms with van der Waals surface area (Å²) in [7, 11) is 1.49. The van der Waals surface area contributed by atoms with Crippen molar-refractivity contribution in [3.63, 3.8) is 0 Å². The summed E-state index contributed by atoms with van der Waals surface area (Å²) in [5, 5.41) is 6.01. The van der Waals surface area contributed by atoms with Gasteiger partial charge in [-0.25, -0.2) is 0 Å². The van der Waals surface area contributed by atoms with Gasteiger partial charge in [-0.1, -0.05) is 13.8 Å². The summed E-state index contributed by atoms with van der Waals surface area (Å²) in [6.07, 6.45) is 3.46. The van der Waals surface area contributed by atoms with Crippen LogP contribution in [0.1, 0.15) is 35.7 Å². The van der Waals surface area contributed by atoms with E-state index in [2.05, 4.69) is 33.8 Å². The molecule has 0 aromatic carbocycles. The van der Waals surface area contributed by atoms with Crippen LogP contribution in [0.5, 0.6) is 0 Å². The van der Waals surface area contributed by atoms with Crippen molar-refractivity contribution in [2.24, 2.45) is 0 Å². The molecule has 2 rings (SSSR count). The van der Waals surface area contributed by atoms with Gasteiger partial charge >= 0.3 is 0 Å². The summed E-state index contributed by atoms with van der Waals surface area (Å²) in [5.74, 6) is -0.0596. The first-order valence-corrected chi connectivity index (χ1v) is 7.00. The zero-order chi connectivity index (χ0) is 14.7. The summed E-state index contributed by atoms with van der Waals surface area (Å²) < 4.78 is 2.55. The summed E-state index contributed by atoms with van der Waals surface area (Å²) in [6, 6.07) is 1.95. The molecule has 0 saturated carbocycles. The molecule has 0 bridgehead atoms. The maximum absolute atomic E-state index is 11.7. The Balaban J connectivity index is 2.33. The van der Waals surface area contributed by atoms with Crippen molar-refractivity contribution in [3.05, 3.63) is 39.9 Å². The molecule has 0 aliphatic rings. The standard InChI is InChI=1S/C13H16N4O2S/c1-7(2)8-4-9(6-15-5-8)16-13-10(11(18)14-3)12(19)17-20-13/h4-7,16H,1-3H3,(H,14,18)(H,17,19). The number of pyridine rings is 1. The molecule has 0 radical (unpaired) electrons. The number of anilines is 2. The first-order chi connectivity index (χ1) is 9.52. The zero-order valence-electron chi connectivity index (χ0n) is 11.5. The van der Waals surface area contributed by atoms with Crippen LogP contribution in [-0.4, -0.2) is 22.3 Å².